The molecule has 0 saturated carbocycles. The zero-order chi connectivity index (χ0) is 15.4. The van der Waals surface area contributed by atoms with Gasteiger partial charge in [0, 0.05) is 6.54 Å². The van der Waals surface area contributed by atoms with Gasteiger partial charge in [0.1, 0.15) is 0 Å². The number of likely N-dealkylation sites (tertiary alicyclic amines) is 1. The standard InChI is InChI=1S/C17H26N2O3/c1-3-18-10-13-4-6-19(7-5-13)11-14-8-15(20-2)17-16(9-14)21-12-22-17/h8-9,13,18H,3-7,10-12H2,1-2H3. The third-order valence-corrected chi connectivity index (χ3v) is 4.51. The Hall–Kier alpha value is -1.46. The number of piperidine rings is 1. The molecule has 122 valence electrons. The van der Waals surface area contributed by atoms with Crippen molar-refractivity contribution in [3.63, 3.8) is 0 Å². The SMILES string of the molecule is CCNCC1CCN(Cc2cc(OC)c3c(c2)OCO3)CC1. The van der Waals surface area contributed by atoms with Crippen LogP contribution in [0.2, 0.25) is 0 Å². The van der Waals surface area contributed by atoms with Crippen molar-refractivity contribution in [2.75, 3.05) is 40.1 Å². The van der Waals surface area contributed by atoms with Gasteiger partial charge in [-0.3, -0.25) is 4.90 Å². The lowest BCUT2D eigenvalue weighted by Crippen LogP contribution is -2.36. The summed E-state index contributed by atoms with van der Waals surface area (Å²) in [5.41, 5.74) is 1.23. The number of nitrogens with zero attached hydrogens (tertiary/aromatic N) is 1. The Kier molecular flexibility index (Phi) is 5.05. The van der Waals surface area contributed by atoms with Gasteiger partial charge < -0.3 is 19.5 Å². The van der Waals surface area contributed by atoms with Crippen LogP contribution >= 0.6 is 0 Å². The van der Waals surface area contributed by atoms with Crippen LogP contribution in [0.1, 0.15) is 25.3 Å². The molecule has 0 unspecified atom stereocenters. The minimum atomic E-state index is 0.283. The quantitative estimate of drug-likeness (QED) is 0.873. The molecule has 1 N–H and O–H groups in total. The van der Waals surface area contributed by atoms with Crippen LogP contribution in [0.5, 0.6) is 17.2 Å². The Morgan fingerprint density at radius 1 is 1.27 bits per heavy atom. The molecule has 0 spiro atoms. The normalized spacial score (nSPS) is 18.6. The highest BCUT2D eigenvalue weighted by Gasteiger charge is 2.22. The van der Waals surface area contributed by atoms with Crippen molar-refractivity contribution < 1.29 is 14.2 Å². The van der Waals surface area contributed by atoms with E-state index in [1.807, 2.05) is 0 Å². The van der Waals surface area contributed by atoms with E-state index in [1.165, 1.54) is 18.4 Å². The average molecular weight is 306 g/mol. The van der Waals surface area contributed by atoms with Crippen LogP contribution in [0, 0.1) is 5.92 Å². The van der Waals surface area contributed by atoms with Gasteiger partial charge in [-0.25, -0.2) is 0 Å². The third-order valence-electron chi connectivity index (χ3n) is 4.51. The Morgan fingerprint density at radius 2 is 2.09 bits per heavy atom. The number of ether oxygens (including phenoxy) is 3. The fourth-order valence-corrected chi connectivity index (χ4v) is 3.23. The van der Waals surface area contributed by atoms with Crippen molar-refractivity contribution in [3.8, 4) is 17.2 Å². The van der Waals surface area contributed by atoms with Gasteiger partial charge in [-0.15, -0.1) is 0 Å². The Bertz CT molecular complexity index is 499. The Morgan fingerprint density at radius 3 is 2.82 bits per heavy atom. The highest BCUT2D eigenvalue weighted by Crippen LogP contribution is 2.42. The molecule has 0 aliphatic carbocycles. The van der Waals surface area contributed by atoms with Gasteiger partial charge in [0.2, 0.25) is 12.5 Å². The zero-order valence-electron chi connectivity index (χ0n) is 13.6. The molecule has 1 aromatic rings. The summed E-state index contributed by atoms with van der Waals surface area (Å²) in [6.07, 6.45) is 2.55. The smallest absolute Gasteiger partial charge is 0.231 e. The minimum absolute atomic E-state index is 0.283. The van der Waals surface area contributed by atoms with E-state index in [1.54, 1.807) is 7.11 Å². The molecular formula is C17H26N2O3. The minimum Gasteiger partial charge on any atom is -0.493 e. The molecule has 0 bridgehead atoms. The van der Waals surface area contributed by atoms with Crippen molar-refractivity contribution in [1.29, 1.82) is 0 Å². The first-order valence-electron chi connectivity index (χ1n) is 8.19. The van der Waals surface area contributed by atoms with Gasteiger partial charge in [-0.2, -0.15) is 0 Å². The van der Waals surface area contributed by atoms with Crippen LogP contribution < -0.4 is 19.5 Å². The number of rotatable bonds is 6. The van der Waals surface area contributed by atoms with Gasteiger partial charge >= 0.3 is 0 Å². The monoisotopic (exact) mass is 306 g/mol. The van der Waals surface area contributed by atoms with Crippen LogP contribution in [0.4, 0.5) is 0 Å². The van der Waals surface area contributed by atoms with Gasteiger partial charge in [-0.05, 0) is 62.6 Å². The fourth-order valence-electron chi connectivity index (χ4n) is 3.23. The summed E-state index contributed by atoms with van der Waals surface area (Å²) in [5.74, 6) is 3.13. The van der Waals surface area contributed by atoms with Crippen molar-refractivity contribution in [2.24, 2.45) is 5.92 Å². The number of hydrogen-bond donors (Lipinski definition) is 1. The van der Waals surface area contributed by atoms with Crippen LogP contribution in [0.25, 0.3) is 0 Å². The molecule has 2 aliphatic rings. The summed E-state index contributed by atoms with van der Waals surface area (Å²) in [4.78, 5) is 2.51. The van der Waals surface area contributed by atoms with Crippen LogP contribution in [-0.4, -0.2) is 45.0 Å². The number of methoxy groups -OCH3 is 1. The van der Waals surface area contributed by atoms with E-state index in [0.29, 0.717) is 0 Å². The highest BCUT2D eigenvalue weighted by molar-refractivity contribution is 5.55. The number of benzene rings is 1. The molecule has 2 aliphatic heterocycles. The number of nitrogens with one attached hydrogen (secondary N) is 1. The molecule has 5 heteroatoms. The number of hydrogen-bond acceptors (Lipinski definition) is 5. The molecule has 1 fully saturated rings. The second-order valence-electron chi connectivity index (χ2n) is 6.06. The fraction of sp³-hybridized carbons (Fsp3) is 0.647. The van der Waals surface area contributed by atoms with Crippen LogP contribution in [0.3, 0.4) is 0 Å². The lowest BCUT2D eigenvalue weighted by Gasteiger charge is -2.32. The highest BCUT2D eigenvalue weighted by atomic mass is 16.7. The second-order valence-corrected chi connectivity index (χ2v) is 6.06. The molecule has 22 heavy (non-hydrogen) atoms. The van der Waals surface area contributed by atoms with Crippen molar-refractivity contribution in [3.05, 3.63) is 17.7 Å². The van der Waals surface area contributed by atoms with Gasteiger partial charge in [0.05, 0.1) is 7.11 Å². The average Bonchev–Trinajstić information content (AvgIpc) is 3.02. The van der Waals surface area contributed by atoms with E-state index < -0.39 is 0 Å². The summed E-state index contributed by atoms with van der Waals surface area (Å²) >= 11 is 0. The molecule has 3 rings (SSSR count). The largest absolute Gasteiger partial charge is 0.493 e. The van der Waals surface area contributed by atoms with E-state index in [2.05, 4.69) is 29.3 Å². The first-order valence-corrected chi connectivity index (χ1v) is 8.19. The van der Waals surface area contributed by atoms with E-state index in [4.69, 9.17) is 14.2 Å². The van der Waals surface area contributed by atoms with Gasteiger partial charge in [0.15, 0.2) is 11.5 Å². The summed E-state index contributed by atoms with van der Waals surface area (Å²) in [7, 11) is 1.67. The van der Waals surface area contributed by atoms with E-state index in [0.717, 1.165) is 55.9 Å². The van der Waals surface area contributed by atoms with Gasteiger partial charge in [-0.1, -0.05) is 6.92 Å². The third kappa shape index (κ3) is 3.47. The van der Waals surface area contributed by atoms with Crippen molar-refractivity contribution in [1.82, 2.24) is 10.2 Å². The molecular weight excluding hydrogens is 280 g/mol. The molecule has 2 heterocycles. The summed E-state index contributed by atoms with van der Waals surface area (Å²) in [5, 5.41) is 3.46. The molecule has 1 aromatic carbocycles. The summed E-state index contributed by atoms with van der Waals surface area (Å²) in [6.45, 7) is 7.94. The van der Waals surface area contributed by atoms with Crippen LogP contribution in [0.15, 0.2) is 12.1 Å². The maximum absolute atomic E-state index is 5.50. The second kappa shape index (κ2) is 7.20. The van der Waals surface area contributed by atoms with Crippen molar-refractivity contribution in [2.45, 2.75) is 26.3 Å². The van der Waals surface area contributed by atoms with Crippen molar-refractivity contribution >= 4 is 0 Å². The predicted molar refractivity (Wildman–Crippen MR) is 85.7 cm³/mol. The summed E-state index contributed by atoms with van der Waals surface area (Å²) in [6, 6.07) is 4.15. The maximum Gasteiger partial charge on any atom is 0.231 e. The first-order chi connectivity index (χ1) is 10.8. The Balaban J connectivity index is 1.58. The molecule has 1 saturated heterocycles. The summed E-state index contributed by atoms with van der Waals surface area (Å²) < 4.78 is 16.4. The first kappa shape index (κ1) is 15.4. The zero-order valence-corrected chi connectivity index (χ0v) is 13.6. The molecule has 0 aromatic heterocycles. The lowest BCUT2D eigenvalue weighted by atomic mass is 9.96. The topological polar surface area (TPSA) is 43.0 Å². The van der Waals surface area contributed by atoms with E-state index in [9.17, 15) is 0 Å². The molecule has 0 radical (unpaired) electrons. The number of fused-ring (bicyclic) bond motifs is 1. The van der Waals surface area contributed by atoms with Gasteiger partial charge in [0.25, 0.3) is 0 Å². The molecule has 0 amide bonds. The lowest BCUT2D eigenvalue weighted by molar-refractivity contribution is 0.170. The molecule has 5 nitrogen and oxygen atoms in total. The van der Waals surface area contributed by atoms with E-state index in [-0.39, 0.29) is 6.79 Å². The van der Waals surface area contributed by atoms with E-state index >= 15 is 0 Å². The predicted octanol–water partition coefficient (Wildman–Crippen LogP) is 2.25. The molecule has 0 atom stereocenters. The van der Waals surface area contributed by atoms with Crippen LogP contribution in [-0.2, 0) is 6.54 Å². The maximum atomic E-state index is 5.50. The Labute approximate surface area is 132 Å².